The minimum Gasteiger partial charge on any atom is -0.297 e. The summed E-state index contributed by atoms with van der Waals surface area (Å²) in [7, 11) is 0. The summed E-state index contributed by atoms with van der Waals surface area (Å²) in [5, 5.41) is 0.681. The van der Waals surface area contributed by atoms with Crippen LogP contribution in [0.2, 0.25) is 5.28 Å². The van der Waals surface area contributed by atoms with Gasteiger partial charge in [0.15, 0.2) is 0 Å². The van der Waals surface area contributed by atoms with Crippen molar-refractivity contribution in [3.63, 3.8) is 0 Å². The molecule has 0 amide bonds. The highest BCUT2D eigenvalue weighted by Gasteiger charge is 1.99. The Hall–Kier alpha value is -1.35. The van der Waals surface area contributed by atoms with Gasteiger partial charge in [-0.25, -0.2) is 4.98 Å². The van der Waals surface area contributed by atoms with E-state index in [4.69, 9.17) is 11.6 Å². The maximum atomic E-state index is 11.2. The van der Waals surface area contributed by atoms with Crippen LogP contribution in [0, 0.1) is 0 Å². The van der Waals surface area contributed by atoms with Gasteiger partial charge in [0.05, 0.1) is 10.9 Å². The summed E-state index contributed by atoms with van der Waals surface area (Å²) in [5.74, 6) is 0. The third-order valence-electron chi connectivity index (χ3n) is 1.58. The van der Waals surface area contributed by atoms with Crippen LogP contribution in [0.4, 0.5) is 0 Å². The number of fused-ring (bicyclic) bond motifs is 1. The van der Waals surface area contributed by atoms with Crippen molar-refractivity contribution in [2.45, 2.75) is 13.8 Å². The minimum absolute atomic E-state index is 0.124. The van der Waals surface area contributed by atoms with E-state index >= 15 is 0 Å². The fourth-order valence-electron chi connectivity index (χ4n) is 1.06. The molecule has 1 aromatic heterocycles. The second-order valence-corrected chi connectivity index (χ2v) is 2.73. The molecule has 0 aliphatic rings. The van der Waals surface area contributed by atoms with Crippen molar-refractivity contribution in [3.8, 4) is 0 Å². The van der Waals surface area contributed by atoms with Crippen molar-refractivity contribution in [2.75, 3.05) is 0 Å². The normalized spacial score (nSPS) is 9.36. The number of nitrogens with zero attached hydrogens (tertiary/aromatic N) is 1. The number of halogens is 1. The Kier molecular flexibility index (Phi) is 3.65. The van der Waals surface area contributed by atoms with Crippen molar-refractivity contribution in [1.82, 2.24) is 9.97 Å². The van der Waals surface area contributed by atoms with E-state index in [0.717, 1.165) is 0 Å². The van der Waals surface area contributed by atoms with Gasteiger partial charge in [0, 0.05) is 0 Å². The van der Waals surface area contributed by atoms with E-state index in [2.05, 4.69) is 9.97 Å². The van der Waals surface area contributed by atoms with Crippen molar-refractivity contribution in [3.05, 3.63) is 39.9 Å². The van der Waals surface area contributed by atoms with Crippen LogP contribution >= 0.6 is 11.6 Å². The highest BCUT2D eigenvalue weighted by Crippen LogP contribution is 2.07. The molecule has 0 fully saturated rings. The predicted octanol–water partition coefficient (Wildman–Crippen LogP) is 2.60. The zero-order chi connectivity index (χ0) is 10.6. The molecule has 4 heteroatoms. The van der Waals surface area contributed by atoms with E-state index in [-0.39, 0.29) is 10.8 Å². The van der Waals surface area contributed by atoms with Gasteiger partial charge in [0.25, 0.3) is 5.56 Å². The molecule has 14 heavy (non-hydrogen) atoms. The van der Waals surface area contributed by atoms with Crippen molar-refractivity contribution in [1.29, 1.82) is 0 Å². The Labute approximate surface area is 86.8 Å². The van der Waals surface area contributed by atoms with Gasteiger partial charge in [0.1, 0.15) is 0 Å². The molecule has 2 rings (SSSR count). The molecule has 0 aliphatic heterocycles. The van der Waals surface area contributed by atoms with Crippen molar-refractivity contribution in [2.24, 2.45) is 0 Å². The van der Waals surface area contributed by atoms with Gasteiger partial charge < -0.3 is 0 Å². The van der Waals surface area contributed by atoms with Crippen LogP contribution in [0.1, 0.15) is 13.8 Å². The third-order valence-corrected chi connectivity index (χ3v) is 1.76. The highest BCUT2D eigenvalue weighted by molar-refractivity contribution is 6.28. The zero-order valence-electron chi connectivity index (χ0n) is 8.04. The Balaban J connectivity index is 0.000000461. The Morgan fingerprint density at radius 3 is 2.64 bits per heavy atom. The molecule has 1 heterocycles. The Morgan fingerprint density at radius 2 is 1.93 bits per heavy atom. The van der Waals surface area contributed by atoms with Crippen LogP contribution in [0.25, 0.3) is 10.9 Å². The van der Waals surface area contributed by atoms with Gasteiger partial charge in [0.2, 0.25) is 5.28 Å². The van der Waals surface area contributed by atoms with Crippen LogP contribution in [0.5, 0.6) is 0 Å². The molecule has 0 aliphatic carbocycles. The van der Waals surface area contributed by atoms with Gasteiger partial charge in [-0.3, -0.25) is 9.78 Å². The molecular formula is C10H11ClN2O. The van der Waals surface area contributed by atoms with E-state index in [1.165, 1.54) is 0 Å². The third kappa shape index (κ3) is 2.12. The predicted molar refractivity (Wildman–Crippen MR) is 58.7 cm³/mol. The molecule has 0 spiro atoms. The Bertz CT molecular complexity index is 479. The molecule has 0 bridgehead atoms. The first kappa shape index (κ1) is 10.7. The lowest BCUT2D eigenvalue weighted by molar-refractivity contribution is 1.17. The van der Waals surface area contributed by atoms with Gasteiger partial charge >= 0.3 is 0 Å². The molecule has 0 saturated carbocycles. The average molecular weight is 211 g/mol. The highest BCUT2D eigenvalue weighted by atomic mass is 35.5. The number of hydrogen-bond acceptors (Lipinski definition) is 2. The molecule has 1 aromatic carbocycles. The molecule has 1 N–H and O–H groups in total. The standard InChI is InChI=1S/C8H5ClN2O.C2H6/c9-8-10-6-4-2-1-3-5(6)7(12)11-8;1-2/h1-4H,(H,10,11,12);1-2H3. The fourth-order valence-corrected chi connectivity index (χ4v) is 1.23. The van der Waals surface area contributed by atoms with E-state index in [0.29, 0.717) is 10.9 Å². The van der Waals surface area contributed by atoms with E-state index in [1.807, 2.05) is 19.9 Å². The topological polar surface area (TPSA) is 45.8 Å². The molecule has 0 saturated heterocycles. The second-order valence-electron chi connectivity index (χ2n) is 2.37. The number of nitrogens with one attached hydrogen (secondary N) is 1. The maximum absolute atomic E-state index is 11.2. The van der Waals surface area contributed by atoms with Crippen LogP contribution < -0.4 is 5.56 Å². The molecular weight excluding hydrogens is 200 g/mol. The lowest BCUT2D eigenvalue weighted by atomic mass is 10.2. The van der Waals surface area contributed by atoms with E-state index in [9.17, 15) is 4.79 Å². The number of hydrogen-bond donors (Lipinski definition) is 1. The number of para-hydroxylation sites is 1. The van der Waals surface area contributed by atoms with Gasteiger partial charge in [-0.15, -0.1) is 0 Å². The molecule has 0 unspecified atom stereocenters. The molecule has 0 atom stereocenters. The van der Waals surface area contributed by atoms with Gasteiger partial charge in [-0.2, -0.15) is 0 Å². The number of aromatic amines is 1. The molecule has 0 radical (unpaired) electrons. The van der Waals surface area contributed by atoms with E-state index in [1.54, 1.807) is 18.2 Å². The second kappa shape index (κ2) is 4.77. The van der Waals surface area contributed by atoms with Crippen molar-refractivity contribution >= 4 is 22.5 Å². The summed E-state index contributed by atoms with van der Waals surface area (Å²) in [5.41, 5.74) is 0.414. The first-order chi connectivity index (χ1) is 6.77. The zero-order valence-corrected chi connectivity index (χ0v) is 8.80. The maximum Gasteiger partial charge on any atom is 0.259 e. The quantitative estimate of drug-likeness (QED) is 0.680. The van der Waals surface area contributed by atoms with Crippen LogP contribution in [0.15, 0.2) is 29.1 Å². The number of aromatic nitrogens is 2. The first-order valence-electron chi connectivity index (χ1n) is 4.42. The molecule has 3 nitrogen and oxygen atoms in total. The summed E-state index contributed by atoms with van der Waals surface area (Å²) in [6.07, 6.45) is 0. The van der Waals surface area contributed by atoms with Crippen LogP contribution in [-0.4, -0.2) is 9.97 Å². The molecule has 74 valence electrons. The van der Waals surface area contributed by atoms with E-state index < -0.39 is 0 Å². The SMILES string of the molecule is CC.O=c1[nH]c(Cl)nc2ccccc12. The number of rotatable bonds is 0. The smallest absolute Gasteiger partial charge is 0.259 e. The summed E-state index contributed by atoms with van der Waals surface area (Å²) in [6.45, 7) is 4.00. The monoisotopic (exact) mass is 210 g/mol. The summed E-state index contributed by atoms with van der Waals surface area (Å²) in [6, 6.07) is 7.05. The number of benzene rings is 1. The summed E-state index contributed by atoms with van der Waals surface area (Å²) >= 11 is 5.56. The van der Waals surface area contributed by atoms with Gasteiger partial charge in [-0.1, -0.05) is 26.0 Å². The van der Waals surface area contributed by atoms with Crippen LogP contribution in [-0.2, 0) is 0 Å². The fraction of sp³-hybridized carbons (Fsp3) is 0.200. The lowest BCUT2D eigenvalue weighted by Crippen LogP contribution is -2.07. The first-order valence-corrected chi connectivity index (χ1v) is 4.80. The Morgan fingerprint density at radius 1 is 1.29 bits per heavy atom. The minimum atomic E-state index is -0.203. The van der Waals surface area contributed by atoms with Crippen LogP contribution in [0.3, 0.4) is 0 Å². The summed E-state index contributed by atoms with van der Waals surface area (Å²) < 4.78 is 0. The lowest BCUT2D eigenvalue weighted by Gasteiger charge is -1.94. The summed E-state index contributed by atoms with van der Waals surface area (Å²) in [4.78, 5) is 17.6. The molecule has 2 aromatic rings. The van der Waals surface area contributed by atoms with Gasteiger partial charge in [-0.05, 0) is 23.7 Å². The average Bonchev–Trinajstić information content (AvgIpc) is 2.20. The largest absolute Gasteiger partial charge is 0.297 e. The van der Waals surface area contributed by atoms with Crippen molar-refractivity contribution < 1.29 is 0 Å². The number of H-pyrrole nitrogens is 1.